The lowest BCUT2D eigenvalue weighted by atomic mass is 10.3. The van der Waals surface area contributed by atoms with Crippen molar-refractivity contribution in [2.75, 3.05) is 6.61 Å². The summed E-state index contributed by atoms with van der Waals surface area (Å²) in [5, 5.41) is 17.8. The number of pyridine rings is 1. The molecule has 0 fully saturated rings. The molecule has 1 aromatic heterocycles. The van der Waals surface area contributed by atoms with E-state index >= 15 is 0 Å². The summed E-state index contributed by atoms with van der Waals surface area (Å²) in [5.41, 5.74) is 0.177. The number of aliphatic hydroxyl groups excluding tert-OH is 1. The van der Waals surface area contributed by atoms with Crippen molar-refractivity contribution in [1.29, 1.82) is 0 Å². The van der Waals surface area contributed by atoms with Gasteiger partial charge in [-0.2, -0.15) is 0 Å². The van der Waals surface area contributed by atoms with Crippen LogP contribution >= 0.6 is 11.6 Å². The minimum atomic E-state index is -0.270. The van der Waals surface area contributed by atoms with E-state index in [-0.39, 0.29) is 23.2 Å². The third kappa shape index (κ3) is 2.12. The normalized spacial score (nSPS) is 8.83. The highest BCUT2D eigenvalue weighted by atomic mass is 35.5. The van der Waals surface area contributed by atoms with Crippen LogP contribution in [0.1, 0.15) is 5.69 Å². The van der Waals surface area contributed by atoms with Crippen molar-refractivity contribution in [3.8, 4) is 17.6 Å². The second-order valence-electron chi connectivity index (χ2n) is 1.96. The van der Waals surface area contributed by atoms with Crippen LogP contribution in [-0.4, -0.2) is 21.8 Å². The van der Waals surface area contributed by atoms with Crippen molar-refractivity contribution in [2.45, 2.75) is 0 Å². The molecule has 1 heterocycles. The first-order valence-corrected chi connectivity index (χ1v) is 3.57. The number of aliphatic hydroxyl groups is 1. The predicted molar refractivity (Wildman–Crippen MR) is 44.9 cm³/mol. The molecule has 0 aliphatic rings. The fourth-order valence-electron chi connectivity index (χ4n) is 0.643. The van der Waals surface area contributed by atoms with Crippen LogP contribution in [-0.2, 0) is 0 Å². The molecule has 3 nitrogen and oxygen atoms in total. The Morgan fingerprint density at radius 2 is 2.25 bits per heavy atom. The monoisotopic (exact) mass is 183 g/mol. The van der Waals surface area contributed by atoms with Crippen LogP contribution < -0.4 is 0 Å². The zero-order valence-electron chi connectivity index (χ0n) is 6.08. The maximum Gasteiger partial charge on any atom is 0.156 e. The highest BCUT2D eigenvalue weighted by Crippen LogP contribution is 2.15. The quantitative estimate of drug-likeness (QED) is 0.462. The zero-order chi connectivity index (χ0) is 8.97. The average Bonchev–Trinajstić information content (AvgIpc) is 2.07. The summed E-state index contributed by atoms with van der Waals surface area (Å²) in [6.07, 6.45) is 0. The van der Waals surface area contributed by atoms with Gasteiger partial charge in [-0.3, -0.25) is 0 Å². The Bertz CT molecular complexity index is 341. The standard InChI is InChI=1S/C8H6ClNO2/c9-8-4-3-7(12)6(10-8)2-1-5-11/h3-4,11-12H,5H2. The molecule has 0 atom stereocenters. The van der Waals surface area contributed by atoms with Crippen molar-refractivity contribution < 1.29 is 10.2 Å². The topological polar surface area (TPSA) is 53.4 Å². The van der Waals surface area contributed by atoms with Crippen molar-refractivity contribution in [3.05, 3.63) is 23.0 Å². The molecule has 62 valence electrons. The molecule has 0 spiro atoms. The summed E-state index contributed by atoms with van der Waals surface area (Å²) in [6, 6.07) is 2.86. The molecule has 0 saturated carbocycles. The number of halogens is 1. The lowest BCUT2D eigenvalue weighted by Crippen LogP contribution is -1.84. The maximum absolute atomic E-state index is 9.16. The highest BCUT2D eigenvalue weighted by Gasteiger charge is 1.98. The van der Waals surface area contributed by atoms with Crippen LogP contribution in [0.3, 0.4) is 0 Å². The van der Waals surface area contributed by atoms with E-state index in [0.29, 0.717) is 0 Å². The summed E-state index contributed by atoms with van der Waals surface area (Å²) < 4.78 is 0. The Kier molecular flexibility index (Phi) is 2.92. The minimum Gasteiger partial charge on any atom is -0.505 e. The van der Waals surface area contributed by atoms with Crippen LogP contribution in [0.4, 0.5) is 0 Å². The lowest BCUT2D eigenvalue weighted by Gasteiger charge is -1.94. The Balaban J connectivity index is 3.05. The summed E-state index contributed by atoms with van der Waals surface area (Å²) in [6.45, 7) is -0.270. The van der Waals surface area contributed by atoms with E-state index in [0.717, 1.165) is 0 Å². The highest BCUT2D eigenvalue weighted by molar-refractivity contribution is 6.29. The SMILES string of the molecule is OCC#Cc1nc(Cl)ccc1O. The largest absolute Gasteiger partial charge is 0.505 e. The van der Waals surface area contributed by atoms with Crippen LogP contribution in [0.5, 0.6) is 5.75 Å². The summed E-state index contributed by atoms with van der Waals surface area (Å²) >= 11 is 5.54. The van der Waals surface area contributed by atoms with Gasteiger partial charge in [-0.1, -0.05) is 17.5 Å². The Morgan fingerprint density at radius 1 is 1.50 bits per heavy atom. The fraction of sp³-hybridized carbons (Fsp3) is 0.125. The van der Waals surface area contributed by atoms with E-state index in [9.17, 15) is 0 Å². The first kappa shape index (κ1) is 8.85. The fourth-order valence-corrected chi connectivity index (χ4v) is 0.791. The molecule has 12 heavy (non-hydrogen) atoms. The maximum atomic E-state index is 9.16. The van der Waals surface area contributed by atoms with E-state index in [1.165, 1.54) is 12.1 Å². The van der Waals surface area contributed by atoms with Gasteiger partial charge in [0, 0.05) is 0 Å². The third-order valence-electron chi connectivity index (χ3n) is 1.13. The number of aromatic hydroxyl groups is 1. The predicted octanol–water partition coefficient (Wildman–Crippen LogP) is 0.784. The van der Waals surface area contributed by atoms with Crippen LogP contribution in [0.2, 0.25) is 5.15 Å². The first-order chi connectivity index (χ1) is 5.74. The van der Waals surface area contributed by atoms with Crippen LogP contribution in [0.15, 0.2) is 12.1 Å². The summed E-state index contributed by atoms with van der Waals surface area (Å²) in [4.78, 5) is 3.74. The molecule has 0 aromatic carbocycles. The van der Waals surface area contributed by atoms with E-state index in [2.05, 4.69) is 16.8 Å². The van der Waals surface area contributed by atoms with E-state index in [1.54, 1.807) is 0 Å². The summed E-state index contributed by atoms with van der Waals surface area (Å²) in [5.74, 6) is 4.77. The molecular formula is C8H6ClNO2. The number of hydrogen-bond donors (Lipinski definition) is 2. The molecule has 0 saturated heterocycles. The van der Waals surface area contributed by atoms with Gasteiger partial charge in [-0.05, 0) is 18.1 Å². The van der Waals surface area contributed by atoms with Gasteiger partial charge >= 0.3 is 0 Å². The Hall–Kier alpha value is -1.24. The molecule has 0 bridgehead atoms. The van der Waals surface area contributed by atoms with Crippen molar-refractivity contribution >= 4 is 11.6 Å². The molecule has 2 N–H and O–H groups in total. The second-order valence-corrected chi connectivity index (χ2v) is 2.35. The van der Waals surface area contributed by atoms with E-state index in [1.807, 2.05) is 0 Å². The number of rotatable bonds is 0. The number of hydrogen-bond acceptors (Lipinski definition) is 3. The zero-order valence-corrected chi connectivity index (χ0v) is 6.84. The van der Waals surface area contributed by atoms with E-state index < -0.39 is 0 Å². The second kappa shape index (κ2) is 3.96. The molecule has 1 rings (SSSR count). The molecular weight excluding hydrogens is 178 g/mol. The van der Waals surface area contributed by atoms with Gasteiger partial charge < -0.3 is 10.2 Å². The van der Waals surface area contributed by atoms with Gasteiger partial charge in [0.2, 0.25) is 0 Å². The summed E-state index contributed by atoms with van der Waals surface area (Å²) in [7, 11) is 0. The van der Waals surface area contributed by atoms with Crippen LogP contribution in [0, 0.1) is 11.8 Å². The van der Waals surface area contributed by atoms with Crippen molar-refractivity contribution in [3.63, 3.8) is 0 Å². The Morgan fingerprint density at radius 3 is 2.92 bits per heavy atom. The lowest BCUT2D eigenvalue weighted by molar-refractivity contribution is 0.350. The molecule has 0 aliphatic carbocycles. The van der Waals surface area contributed by atoms with Gasteiger partial charge in [-0.15, -0.1) is 0 Å². The van der Waals surface area contributed by atoms with Gasteiger partial charge in [0.05, 0.1) is 0 Å². The van der Waals surface area contributed by atoms with Gasteiger partial charge in [0.15, 0.2) is 5.69 Å². The average molecular weight is 184 g/mol. The van der Waals surface area contributed by atoms with E-state index in [4.69, 9.17) is 21.8 Å². The molecule has 1 aromatic rings. The van der Waals surface area contributed by atoms with Crippen molar-refractivity contribution in [2.24, 2.45) is 0 Å². The smallest absolute Gasteiger partial charge is 0.156 e. The number of aromatic nitrogens is 1. The van der Waals surface area contributed by atoms with Gasteiger partial charge in [0.25, 0.3) is 0 Å². The van der Waals surface area contributed by atoms with Gasteiger partial charge in [0.1, 0.15) is 17.5 Å². The molecule has 0 radical (unpaired) electrons. The molecule has 0 amide bonds. The minimum absolute atomic E-state index is 0.0413. The molecule has 0 unspecified atom stereocenters. The number of nitrogens with zero attached hydrogens (tertiary/aromatic N) is 1. The third-order valence-corrected chi connectivity index (χ3v) is 1.34. The molecule has 4 heteroatoms. The van der Waals surface area contributed by atoms with Crippen molar-refractivity contribution in [1.82, 2.24) is 4.98 Å². The first-order valence-electron chi connectivity index (χ1n) is 3.19. The Labute approximate surface area is 74.6 Å². The van der Waals surface area contributed by atoms with Crippen LogP contribution in [0.25, 0.3) is 0 Å². The van der Waals surface area contributed by atoms with Gasteiger partial charge in [-0.25, -0.2) is 4.98 Å². The molecule has 0 aliphatic heterocycles.